The zero-order chi connectivity index (χ0) is 11.1. The fourth-order valence-electron chi connectivity index (χ4n) is 1.51. The molecular formula is C9H10N2O3S. The van der Waals surface area contributed by atoms with Gasteiger partial charge in [-0.25, -0.2) is 0 Å². The van der Waals surface area contributed by atoms with E-state index in [-0.39, 0.29) is 5.75 Å². The third-order valence-electron chi connectivity index (χ3n) is 2.07. The van der Waals surface area contributed by atoms with Crippen LogP contribution in [-0.4, -0.2) is 13.0 Å². The van der Waals surface area contributed by atoms with E-state index >= 15 is 0 Å². The minimum Gasteiger partial charge on any atom is -0.369 e. The summed E-state index contributed by atoms with van der Waals surface area (Å²) in [5, 5.41) is 5.72. The lowest BCUT2D eigenvalue weighted by molar-refractivity contribution is 0.489. The van der Waals surface area contributed by atoms with Gasteiger partial charge >= 0.3 is 10.3 Å². The number of hydrogen-bond donors (Lipinski definition) is 1. The Labute approximate surface area is 87.3 Å². The second-order valence-electron chi connectivity index (χ2n) is 3.20. The van der Waals surface area contributed by atoms with Crippen molar-refractivity contribution in [2.24, 2.45) is 12.2 Å². The summed E-state index contributed by atoms with van der Waals surface area (Å²) >= 11 is 0. The Morgan fingerprint density at radius 2 is 2.07 bits per heavy atom. The molecule has 0 aliphatic heterocycles. The highest BCUT2D eigenvalue weighted by Gasteiger charge is 2.10. The molecule has 0 spiro atoms. The first-order chi connectivity index (χ1) is 6.97. The first kappa shape index (κ1) is 10.0. The molecule has 0 aliphatic carbocycles. The van der Waals surface area contributed by atoms with Crippen LogP contribution in [0.2, 0.25) is 0 Å². The molecule has 6 heteroatoms. The fourth-order valence-corrected chi connectivity index (χ4v) is 1.90. The standard InChI is InChI=1S/C9H10N2O3S/c1-11-6-5-7-3-2-4-8(9(7)11)14-15(10,12)13/h2-6H,1H3,(H2,10,12,13). The van der Waals surface area contributed by atoms with Crippen molar-refractivity contribution >= 4 is 21.2 Å². The SMILES string of the molecule is Cn1ccc2cccc(OS(N)(=O)=O)c21. The molecule has 0 unspecified atom stereocenters. The van der Waals surface area contributed by atoms with Crippen LogP contribution in [0, 0.1) is 0 Å². The van der Waals surface area contributed by atoms with Crippen molar-refractivity contribution in [3.8, 4) is 5.75 Å². The molecule has 0 fully saturated rings. The molecule has 2 aromatic rings. The Morgan fingerprint density at radius 3 is 2.73 bits per heavy atom. The second-order valence-corrected chi connectivity index (χ2v) is 4.35. The first-order valence-corrected chi connectivity index (χ1v) is 5.71. The minimum absolute atomic E-state index is 0.238. The molecule has 15 heavy (non-hydrogen) atoms. The number of rotatable bonds is 2. The highest BCUT2D eigenvalue weighted by Crippen LogP contribution is 2.26. The van der Waals surface area contributed by atoms with Crippen LogP contribution in [0.3, 0.4) is 0 Å². The summed E-state index contributed by atoms with van der Waals surface area (Å²) in [5.41, 5.74) is 0.700. The van der Waals surface area contributed by atoms with Gasteiger partial charge in [-0.3, -0.25) is 0 Å². The van der Waals surface area contributed by atoms with Gasteiger partial charge in [0.05, 0.1) is 5.52 Å². The lowest BCUT2D eigenvalue weighted by Crippen LogP contribution is -2.19. The number of aromatic nitrogens is 1. The minimum atomic E-state index is -3.98. The van der Waals surface area contributed by atoms with Crippen LogP contribution < -0.4 is 9.32 Å². The predicted molar refractivity (Wildman–Crippen MR) is 56.7 cm³/mol. The van der Waals surface area contributed by atoms with Gasteiger partial charge in [-0.15, -0.1) is 0 Å². The third-order valence-corrected chi connectivity index (χ3v) is 2.48. The van der Waals surface area contributed by atoms with E-state index in [0.29, 0.717) is 5.52 Å². The summed E-state index contributed by atoms with van der Waals surface area (Å²) in [5.74, 6) is 0.238. The van der Waals surface area contributed by atoms with Crippen molar-refractivity contribution in [3.63, 3.8) is 0 Å². The molecule has 0 bridgehead atoms. The molecule has 0 radical (unpaired) electrons. The summed E-state index contributed by atoms with van der Waals surface area (Å²) < 4.78 is 28.1. The van der Waals surface area contributed by atoms with Crippen LogP contribution in [0.5, 0.6) is 5.75 Å². The van der Waals surface area contributed by atoms with E-state index in [2.05, 4.69) is 4.18 Å². The number of nitrogens with two attached hydrogens (primary N) is 1. The molecule has 5 nitrogen and oxygen atoms in total. The van der Waals surface area contributed by atoms with Crippen molar-refractivity contribution in [2.45, 2.75) is 0 Å². The highest BCUT2D eigenvalue weighted by atomic mass is 32.2. The van der Waals surface area contributed by atoms with Crippen LogP contribution in [0.1, 0.15) is 0 Å². The van der Waals surface area contributed by atoms with Crippen LogP contribution in [0.25, 0.3) is 10.9 Å². The topological polar surface area (TPSA) is 74.3 Å². The zero-order valence-electron chi connectivity index (χ0n) is 8.04. The number of aryl methyl sites for hydroxylation is 1. The van der Waals surface area contributed by atoms with Gasteiger partial charge in [0.2, 0.25) is 0 Å². The number of fused-ring (bicyclic) bond motifs is 1. The summed E-state index contributed by atoms with van der Waals surface area (Å²) in [6, 6.07) is 7.01. The average Bonchev–Trinajstić information content (AvgIpc) is 2.46. The average molecular weight is 226 g/mol. The lowest BCUT2D eigenvalue weighted by atomic mass is 10.2. The number of nitrogens with zero attached hydrogens (tertiary/aromatic N) is 1. The van der Waals surface area contributed by atoms with Crippen LogP contribution in [-0.2, 0) is 17.4 Å². The Kier molecular flexibility index (Phi) is 2.17. The van der Waals surface area contributed by atoms with E-state index in [9.17, 15) is 8.42 Å². The van der Waals surface area contributed by atoms with E-state index in [0.717, 1.165) is 5.39 Å². The molecule has 80 valence electrons. The lowest BCUT2D eigenvalue weighted by Gasteiger charge is -2.05. The quantitative estimate of drug-likeness (QED) is 0.821. The van der Waals surface area contributed by atoms with E-state index < -0.39 is 10.3 Å². The van der Waals surface area contributed by atoms with Crippen LogP contribution >= 0.6 is 0 Å². The summed E-state index contributed by atoms with van der Waals surface area (Å²) in [6.45, 7) is 0. The van der Waals surface area contributed by atoms with Crippen molar-refractivity contribution in [3.05, 3.63) is 30.5 Å². The normalized spacial score (nSPS) is 11.9. The maximum atomic E-state index is 10.8. The largest absolute Gasteiger partial charge is 0.380 e. The molecular weight excluding hydrogens is 216 g/mol. The smallest absolute Gasteiger partial charge is 0.369 e. The summed E-state index contributed by atoms with van der Waals surface area (Å²) in [4.78, 5) is 0. The molecule has 1 heterocycles. The van der Waals surface area contributed by atoms with E-state index in [4.69, 9.17) is 5.14 Å². The molecule has 2 rings (SSSR count). The van der Waals surface area contributed by atoms with Gasteiger partial charge in [-0.1, -0.05) is 12.1 Å². The van der Waals surface area contributed by atoms with Gasteiger partial charge < -0.3 is 8.75 Å². The van der Waals surface area contributed by atoms with E-state index in [1.165, 1.54) is 0 Å². The molecule has 0 amide bonds. The number of para-hydroxylation sites is 1. The van der Waals surface area contributed by atoms with Crippen molar-refractivity contribution in [1.29, 1.82) is 0 Å². The Balaban J connectivity index is 2.65. The molecule has 2 N–H and O–H groups in total. The van der Waals surface area contributed by atoms with Gasteiger partial charge in [-0.05, 0) is 12.1 Å². The number of benzene rings is 1. The number of hydrogen-bond acceptors (Lipinski definition) is 3. The second kappa shape index (κ2) is 3.25. The summed E-state index contributed by atoms with van der Waals surface area (Å²) in [6.07, 6.45) is 1.82. The predicted octanol–water partition coefficient (Wildman–Crippen LogP) is 0.761. The van der Waals surface area contributed by atoms with E-state index in [1.807, 2.05) is 18.3 Å². The maximum absolute atomic E-state index is 10.8. The van der Waals surface area contributed by atoms with Crippen molar-refractivity contribution in [2.75, 3.05) is 0 Å². The van der Waals surface area contributed by atoms with Crippen molar-refractivity contribution in [1.82, 2.24) is 4.57 Å². The fraction of sp³-hybridized carbons (Fsp3) is 0.111. The Hall–Kier alpha value is -1.53. The first-order valence-electron chi connectivity index (χ1n) is 4.23. The van der Waals surface area contributed by atoms with Gasteiger partial charge in [0.25, 0.3) is 0 Å². The van der Waals surface area contributed by atoms with Gasteiger partial charge in [0.1, 0.15) is 0 Å². The van der Waals surface area contributed by atoms with E-state index in [1.54, 1.807) is 23.7 Å². The Bertz CT molecular complexity index is 601. The summed E-state index contributed by atoms with van der Waals surface area (Å²) in [7, 11) is -2.17. The van der Waals surface area contributed by atoms with Gasteiger partial charge in [0, 0.05) is 18.6 Å². The highest BCUT2D eigenvalue weighted by molar-refractivity contribution is 7.84. The molecule has 1 aromatic carbocycles. The molecule has 0 saturated heterocycles. The molecule has 0 saturated carbocycles. The molecule has 1 aromatic heterocycles. The van der Waals surface area contributed by atoms with Crippen LogP contribution in [0.15, 0.2) is 30.5 Å². The Morgan fingerprint density at radius 1 is 1.33 bits per heavy atom. The van der Waals surface area contributed by atoms with Gasteiger partial charge in [0.15, 0.2) is 5.75 Å². The molecule has 0 aliphatic rings. The zero-order valence-corrected chi connectivity index (χ0v) is 8.86. The molecule has 0 atom stereocenters. The van der Waals surface area contributed by atoms with Gasteiger partial charge in [-0.2, -0.15) is 13.6 Å². The maximum Gasteiger partial charge on any atom is 0.380 e. The van der Waals surface area contributed by atoms with Crippen LogP contribution in [0.4, 0.5) is 0 Å². The van der Waals surface area contributed by atoms with Crippen molar-refractivity contribution < 1.29 is 12.6 Å². The monoisotopic (exact) mass is 226 g/mol. The third kappa shape index (κ3) is 1.95.